The third kappa shape index (κ3) is 7.59. The second-order valence-electron chi connectivity index (χ2n) is 9.17. The molecule has 4 nitrogen and oxygen atoms in total. The quantitative estimate of drug-likeness (QED) is 0.689. The van der Waals surface area contributed by atoms with Gasteiger partial charge < -0.3 is 20.4 Å². The van der Waals surface area contributed by atoms with Gasteiger partial charge in [-0.15, -0.1) is 0 Å². The number of nitrogens with zero attached hydrogens (tertiary/aromatic N) is 2. The minimum Gasteiger partial charge on any atom is -0.316 e. The molecular weight excluding hydrogens is 344 g/mol. The molecule has 0 unspecified atom stereocenters. The first-order chi connectivity index (χ1) is 13.5. The summed E-state index contributed by atoms with van der Waals surface area (Å²) in [6, 6.07) is 0.735. The molecule has 0 aromatic carbocycles. The smallest absolute Gasteiger partial charge is 0.0206 e. The topological polar surface area (TPSA) is 30.5 Å². The van der Waals surface area contributed by atoms with Crippen LogP contribution in [0.4, 0.5) is 0 Å². The zero-order valence-corrected chi connectivity index (χ0v) is 20.4. The molecule has 2 N–H and O–H groups in total. The highest BCUT2D eigenvalue weighted by Gasteiger charge is 2.37. The summed E-state index contributed by atoms with van der Waals surface area (Å²) >= 11 is 0. The summed E-state index contributed by atoms with van der Waals surface area (Å²) < 4.78 is 0. The van der Waals surface area contributed by atoms with Gasteiger partial charge in [0.1, 0.15) is 0 Å². The molecule has 0 bridgehead atoms. The largest absolute Gasteiger partial charge is 0.316 e. The van der Waals surface area contributed by atoms with E-state index in [0.29, 0.717) is 11.0 Å². The van der Waals surface area contributed by atoms with Gasteiger partial charge in [0.25, 0.3) is 0 Å². The average molecular weight is 397 g/mol. The molecule has 0 aromatic rings. The maximum absolute atomic E-state index is 3.70. The Balaban J connectivity index is 0.000000240. The van der Waals surface area contributed by atoms with Gasteiger partial charge in [0, 0.05) is 31.2 Å². The second kappa shape index (κ2) is 13.2. The fraction of sp³-hybridized carbons (Fsp3) is 1.00. The predicted molar refractivity (Wildman–Crippen MR) is 125 cm³/mol. The summed E-state index contributed by atoms with van der Waals surface area (Å²) in [6.45, 7) is 21.6. The summed E-state index contributed by atoms with van der Waals surface area (Å²) in [7, 11) is 2.23. The molecule has 168 valence electrons. The van der Waals surface area contributed by atoms with E-state index in [0.717, 1.165) is 6.04 Å². The number of likely N-dealkylation sites (tertiary alicyclic amines) is 2. The summed E-state index contributed by atoms with van der Waals surface area (Å²) in [5, 5.41) is 7.18. The van der Waals surface area contributed by atoms with Crippen LogP contribution in [0.15, 0.2) is 0 Å². The van der Waals surface area contributed by atoms with Gasteiger partial charge in [0.2, 0.25) is 0 Å². The van der Waals surface area contributed by atoms with Crippen molar-refractivity contribution >= 4 is 0 Å². The predicted octanol–water partition coefficient (Wildman–Crippen LogP) is 4.36. The first-order valence-electron chi connectivity index (χ1n) is 12.4. The van der Waals surface area contributed by atoms with Crippen LogP contribution in [-0.4, -0.2) is 74.2 Å². The van der Waals surface area contributed by atoms with Gasteiger partial charge in [0.15, 0.2) is 0 Å². The number of hydrogen-bond donors (Lipinski definition) is 2. The van der Waals surface area contributed by atoms with Crippen molar-refractivity contribution in [2.24, 2.45) is 5.41 Å². The van der Waals surface area contributed by atoms with Crippen molar-refractivity contribution in [2.75, 3.05) is 52.9 Å². The molecule has 4 aliphatic heterocycles. The van der Waals surface area contributed by atoms with Crippen LogP contribution in [0.5, 0.6) is 0 Å². The van der Waals surface area contributed by atoms with E-state index in [1.165, 1.54) is 90.8 Å². The van der Waals surface area contributed by atoms with Crippen LogP contribution >= 0.6 is 0 Å². The van der Waals surface area contributed by atoms with Crippen molar-refractivity contribution in [3.05, 3.63) is 0 Å². The monoisotopic (exact) mass is 396 g/mol. The van der Waals surface area contributed by atoms with Crippen molar-refractivity contribution in [3.8, 4) is 0 Å². The zero-order valence-electron chi connectivity index (χ0n) is 20.4. The molecule has 4 heterocycles. The fourth-order valence-corrected chi connectivity index (χ4v) is 5.08. The van der Waals surface area contributed by atoms with Gasteiger partial charge in [0.05, 0.1) is 0 Å². The lowest BCUT2D eigenvalue weighted by Gasteiger charge is -2.41. The highest BCUT2D eigenvalue weighted by molar-refractivity contribution is 4.97. The van der Waals surface area contributed by atoms with E-state index < -0.39 is 0 Å². The fourth-order valence-electron chi connectivity index (χ4n) is 5.08. The van der Waals surface area contributed by atoms with Crippen LogP contribution in [-0.2, 0) is 0 Å². The molecule has 0 aliphatic carbocycles. The Morgan fingerprint density at radius 2 is 1.36 bits per heavy atom. The van der Waals surface area contributed by atoms with Gasteiger partial charge in [-0.05, 0) is 97.4 Å². The van der Waals surface area contributed by atoms with Crippen LogP contribution in [0.25, 0.3) is 0 Å². The number of piperidine rings is 2. The van der Waals surface area contributed by atoms with Crippen molar-refractivity contribution in [2.45, 2.75) is 98.1 Å². The Hall–Kier alpha value is -0.160. The van der Waals surface area contributed by atoms with Crippen molar-refractivity contribution in [1.82, 2.24) is 20.4 Å². The van der Waals surface area contributed by atoms with Gasteiger partial charge in [-0.25, -0.2) is 0 Å². The van der Waals surface area contributed by atoms with Gasteiger partial charge >= 0.3 is 0 Å². The molecule has 4 rings (SSSR count). The van der Waals surface area contributed by atoms with Crippen LogP contribution in [0.3, 0.4) is 0 Å². The van der Waals surface area contributed by atoms with Crippen molar-refractivity contribution in [3.63, 3.8) is 0 Å². The molecule has 0 saturated carbocycles. The van der Waals surface area contributed by atoms with E-state index in [9.17, 15) is 0 Å². The van der Waals surface area contributed by atoms with Gasteiger partial charge in [-0.1, -0.05) is 27.7 Å². The van der Waals surface area contributed by atoms with E-state index in [1.807, 2.05) is 27.7 Å². The molecule has 4 aliphatic rings. The molecule has 0 aromatic heterocycles. The highest BCUT2D eigenvalue weighted by Crippen LogP contribution is 2.36. The maximum Gasteiger partial charge on any atom is 0.0206 e. The first-order valence-corrected chi connectivity index (χ1v) is 12.4. The lowest BCUT2D eigenvalue weighted by Crippen LogP contribution is -2.51. The normalized spacial score (nSPS) is 26.1. The maximum atomic E-state index is 3.70. The van der Waals surface area contributed by atoms with Crippen molar-refractivity contribution < 1.29 is 0 Å². The summed E-state index contributed by atoms with van der Waals surface area (Å²) in [6.07, 6.45) is 9.78. The molecule has 4 heteroatoms. The number of hydrogen-bond acceptors (Lipinski definition) is 4. The zero-order chi connectivity index (χ0) is 21.0. The summed E-state index contributed by atoms with van der Waals surface area (Å²) in [4.78, 5) is 5.05. The Labute approximate surface area is 177 Å². The molecule has 0 atom stereocenters. The van der Waals surface area contributed by atoms with E-state index in [2.05, 4.69) is 41.3 Å². The molecule has 2 spiro atoms. The van der Waals surface area contributed by atoms with E-state index in [4.69, 9.17) is 0 Å². The van der Waals surface area contributed by atoms with Crippen molar-refractivity contribution in [1.29, 1.82) is 0 Å². The van der Waals surface area contributed by atoms with Crippen LogP contribution in [0.1, 0.15) is 86.5 Å². The molecule has 28 heavy (non-hydrogen) atoms. The molecular formula is C24H52N4. The minimum absolute atomic E-state index is 0.547. The van der Waals surface area contributed by atoms with E-state index in [1.54, 1.807) is 0 Å². The summed E-state index contributed by atoms with van der Waals surface area (Å²) in [5.41, 5.74) is 1.25. The van der Waals surface area contributed by atoms with Crippen LogP contribution < -0.4 is 10.6 Å². The molecule has 4 saturated heterocycles. The Morgan fingerprint density at radius 1 is 0.750 bits per heavy atom. The second-order valence-corrected chi connectivity index (χ2v) is 9.17. The number of nitrogens with one attached hydrogen (secondary N) is 2. The standard InChI is InChI=1S/C11H22N2.C9H18N2.2C2H6/c1-10(2)13-8-5-11(6-9-13)4-3-7-12-11;1-11-6-3-9(4-7-11)2-5-10-8-9;2*1-2/h10,12H,3-9H2,1-2H3;10H,2-8H2,1H3;2*1-2H3. The highest BCUT2D eigenvalue weighted by atomic mass is 15.2. The van der Waals surface area contributed by atoms with Crippen LogP contribution in [0, 0.1) is 5.41 Å². The lowest BCUT2D eigenvalue weighted by molar-refractivity contribution is 0.121. The lowest BCUT2D eigenvalue weighted by atomic mass is 9.78. The molecule has 0 radical (unpaired) electrons. The Kier molecular flexibility index (Phi) is 12.2. The Morgan fingerprint density at radius 3 is 1.79 bits per heavy atom. The molecule has 4 fully saturated rings. The minimum atomic E-state index is 0.547. The summed E-state index contributed by atoms with van der Waals surface area (Å²) in [5.74, 6) is 0. The van der Waals surface area contributed by atoms with Gasteiger partial charge in [-0.2, -0.15) is 0 Å². The van der Waals surface area contributed by atoms with E-state index >= 15 is 0 Å². The molecule has 0 amide bonds. The Bertz CT molecular complexity index is 364. The average Bonchev–Trinajstić information content (AvgIpc) is 3.39. The third-order valence-electron chi connectivity index (χ3n) is 7.20. The van der Waals surface area contributed by atoms with Gasteiger partial charge in [-0.3, -0.25) is 0 Å². The third-order valence-corrected chi connectivity index (χ3v) is 7.20. The van der Waals surface area contributed by atoms with Crippen LogP contribution in [0.2, 0.25) is 0 Å². The van der Waals surface area contributed by atoms with E-state index in [-0.39, 0.29) is 0 Å². The SMILES string of the molecule is CC.CC.CC(C)N1CCC2(CCCN2)CC1.CN1CCC2(CCNC2)CC1. The number of rotatable bonds is 1. The first kappa shape index (κ1) is 25.9.